The largest absolute Gasteiger partial charge is 0.478 e. The van der Waals surface area contributed by atoms with Crippen molar-refractivity contribution in [2.24, 2.45) is 5.92 Å². The van der Waals surface area contributed by atoms with E-state index in [1.807, 2.05) is 13.8 Å². The van der Waals surface area contributed by atoms with Crippen molar-refractivity contribution in [2.45, 2.75) is 20.3 Å². The molecule has 1 unspecified atom stereocenters. The topological polar surface area (TPSA) is 83.7 Å². The molecule has 0 heterocycles. The van der Waals surface area contributed by atoms with Gasteiger partial charge in [0.2, 0.25) is 0 Å². The zero-order valence-corrected chi connectivity index (χ0v) is 11.6. The van der Waals surface area contributed by atoms with Crippen LogP contribution in [0, 0.1) is 21.8 Å². The van der Waals surface area contributed by atoms with E-state index in [0.29, 0.717) is 6.54 Å². The highest BCUT2D eigenvalue weighted by atomic mass is 19.1. The molecule has 20 heavy (non-hydrogen) atoms. The molecule has 6 nitrogen and oxygen atoms in total. The van der Waals surface area contributed by atoms with E-state index in [-0.39, 0.29) is 11.6 Å². The maximum Gasteiger partial charge on any atom is 0.338 e. The van der Waals surface area contributed by atoms with E-state index in [1.54, 1.807) is 11.9 Å². The lowest BCUT2D eigenvalue weighted by Crippen LogP contribution is -2.24. The van der Waals surface area contributed by atoms with Crippen molar-refractivity contribution in [1.29, 1.82) is 0 Å². The van der Waals surface area contributed by atoms with Crippen LogP contribution in [0.5, 0.6) is 0 Å². The van der Waals surface area contributed by atoms with Crippen LogP contribution in [0.2, 0.25) is 0 Å². The molecule has 7 heteroatoms. The van der Waals surface area contributed by atoms with Crippen LogP contribution in [-0.4, -0.2) is 29.6 Å². The third-order valence-electron chi connectivity index (χ3n) is 3.19. The summed E-state index contributed by atoms with van der Waals surface area (Å²) in [6.07, 6.45) is 0.883. The third kappa shape index (κ3) is 3.43. The minimum Gasteiger partial charge on any atom is -0.478 e. The Morgan fingerprint density at radius 1 is 1.55 bits per heavy atom. The zero-order chi connectivity index (χ0) is 15.4. The Balaban J connectivity index is 3.28. The average molecular weight is 284 g/mol. The van der Waals surface area contributed by atoms with Crippen molar-refractivity contribution >= 4 is 17.3 Å². The number of hydrogen-bond acceptors (Lipinski definition) is 4. The number of nitro groups is 1. The molecule has 0 bridgehead atoms. The molecule has 0 fully saturated rings. The fourth-order valence-corrected chi connectivity index (χ4v) is 1.86. The Kier molecular flexibility index (Phi) is 5.01. The number of nitrogens with zero attached hydrogens (tertiary/aromatic N) is 2. The third-order valence-corrected chi connectivity index (χ3v) is 3.19. The summed E-state index contributed by atoms with van der Waals surface area (Å²) in [5.41, 5.74) is -1.02. The highest BCUT2D eigenvalue weighted by molar-refractivity contribution is 5.90. The zero-order valence-electron chi connectivity index (χ0n) is 11.6. The van der Waals surface area contributed by atoms with E-state index in [9.17, 15) is 19.3 Å². The van der Waals surface area contributed by atoms with E-state index < -0.39 is 28.0 Å². The lowest BCUT2D eigenvalue weighted by molar-refractivity contribution is -0.384. The molecule has 0 aliphatic heterocycles. The fraction of sp³-hybridized carbons (Fsp3) is 0.462. The molecule has 1 aromatic rings. The van der Waals surface area contributed by atoms with Gasteiger partial charge in [-0.05, 0) is 5.92 Å². The summed E-state index contributed by atoms with van der Waals surface area (Å²) in [5, 5.41) is 19.8. The number of anilines is 1. The van der Waals surface area contributed by atoms with Gasteiger partial charge in [-0.3, -0.25) is 10.1 Å². The lowest BCUT2D eigenvalue weighted by atomic mass is 10.1. The summed E-state index contributed by atoms with van der Waals surface area (Å²) in [6, 6.07) is 1.67. The predicted molar refractivity (Wildman–Crippen MR) is 72.7 cm³/mol. The van der Waals surface area contributed by atoms with Gasteiger partial charge in [0, 0.05) is 25.7 Å². The molecule has 0 aliphatic carbocycles. The minimum absolute atomic E-state index is 0.0813. The van der Waals surface area contributed by atoms with Crippen molar-refractivity contribution in [3.63, 3.8) is 0 Å². The molecule has 110 valence electrons. The van der Waals surface area contributed by atoms with Crippen LogP contribution in [0.4, 0.5) is 15.8 Å². The maximum atomic E-state index is 13.7. The summed E-state index contributed by atoms with van der Waals surface area (Å²) >= 11 is 0. The molecule has 0 aliphatic rings. The van der Waals surface area contributed by atoms with E-state index >= 15 is 0 Å². The van der Waals surface area contributed by atoms with Crippen LogP contribution in [0.25, 0.3) is 0 Å². The SMILES string of the molecule is CCC(C)CN(C)c1cc(F)c(C(=O)O)cc1[N+](=O)[O-]. The minimum atomic E-state index is -1.53. The van der Waals surface area contributed by atoms with Gasteiger partial charge in [-0.1, -0.05) is 20.3 Å². The van der Waals surface area contributed by atoms with Gasteiger partial charge in [0.1, 0.15) is 17.1 Å². The number of nitro benzene ring substituents is 1. The predicted octanol–water partition coefficient (Wildman–Crippen LogP) is 2.91. The number of rotatable bonds is 6. The van der Waals surface area contributed by atoms with E-state index in [4.69, 9.17) is 5.11 Å². The standard InChI is InChI=1S/C13H17FN2O4/c1-4-8(2)7-15(3)11-6-10(14)9(13(17)18)5-12(11)16(19)20/h5-6,8H,4,7H2,1-3H3,(H,17,18). The van der Waals surface area contributed by atoms with E-state index in [2.05, 4.69) is 0 Å². The van der Waals surface area contributed by atoms with Crippen molar-refractivity contribution in [3.05, 3.63) is 33.6 Å². The van der Waals surface area contributed by atoms with Gasteiger partial charge in [0.05, 0.1) is 4.92 Å². The van der Waals surface area contributed by atoms with Crippen molar-refractivity contribution in [2.75, 3.05) is 18.5 Å². The first-order valence-corrected chi connectivity index (χ1v) is 6.20. The van der Waals surface area contributed by atoms with E-state index in [1.165, 1.54) is 0 Å². The van der Waals surface area contributed by atoms with Crippen LogP contribution >= 0.6 is 0 Å². The summed E-state index contributed by atoms with van der Waals surface area (Å²) in [5.74, 6) is -2.22. The molecule has 1 atom stereocenters. The van der Waals surface area contributed by atoms with Gasteiger partial charge < -0.3 is 10.0 Å². The number of benzene rings is 1. The quantitative estimate of drug-likeness (QED) is 0.641. The molecule has 0 amide bonds. The highest BCUT2D eigenvalue weighted by Crippen LogP contribution is 2.31. The molecule has 0 spiro atoms. The number of carbonyl (C=O) groups is 1. The number of carboxylic acids is 1. The molecule has 0 saturated heterocycles. The molecular formula is C13H17FN2O4. The monoisotopic (exact) mass is 284 g/mol. The van der Waals surface area contributed by atoms with Gasteiger partial charge in [-0.25, -0.2) is 9.18 Å². The molecule has 1 rings (SSSR count). The number of halogens is 1. The smallest absolute Gasteiger partial charge is 0.338 e. The Labute approximate surface area is 116 Å². The van der Waals surface area contributed by atoms with Gasteiger partial charge >= 0.3 is 5.97 Å². The van der Waals surface area contributed by atoms with Crippen LogP contribution < -0.4 is 4.90 Å². The summed E-state index contributed by atoms with van der Waals surface area (Å²) in [6.45, 7) is 4.48. The Morgan fingerprint density at radius 3 is 2.60 bits per heavy atom. The Bertz CT molecular complexity index is 533. The fourth-order valence-electron chi connectivity index (χ4n) is 1.86. The normalized spacial score (nSPS) is 12.0. The maximum absolute atomic E-state index is 13.7. The van der Waals surface area contributed by atoms with Gasteiger partial charge in [0.15, 0.2) is 0 Å². The number of aromatic carboxylic acids is 1. The Hall–Kier alpha value is -2.18. The van der Waals surface area contributed by atoms with Crippen molar-refractivity contribution in [3.8, 4) is 0 Å². The van der Waals surface area contributed by atoms with Crippen LogP contribution in [0.15, 0.2) is 12.1 Å². The number of carboxylic acid groups (broad SMARTS) is 1. The van der Waals surface area contributed by atoms with Gasteiger partial charge in [-0.2, -0.15) is 0 Å². The van der Waals surface area contributed by atoms with Crippen molar-refractivity contribution in [1.82, 2.24) is 0 Å². The molecule has 0 saturated carbocycles. The van der Waals surface area contributed by atoms with Gasteiger partial charge in [-0.15, -0.1) is 0 Å². The second kappa shape index (κ2) is 6.31. The molecule has 1 aromatic carbocycles. The lowest BCUT2D eigenvalue weighted by Gasteiger charge is -2.22. The summed E-state index contributed by atoms with van der Waals surface area (Å²) in [7, 11) is 1.62. The second-order valence-corrected chi connectivity index (χ2v) is 4.78. The first-order valence-electron chi connectivity index (χ1n) is 6.20. The van der Waals surface area contributed by atoms with Crippen LogP contribution in [0.3, 0.4) is 0 Å². The highest BCUT2D eigenvalue weighted by Gasteiger charge is 2.24. The van der Waals surface area contributed by atoms with Gasteiger partial charge in [0.25, 0.3) is 5.69 Å². The Morgan fingerprint density at radius 2 is 2.15 bits per heavy atom. The molecule has 1 N–H and O–H groups in total. The molecule has 0 aromatic heterocycles. The molecule has 0 radical (unpaired) electrons. The first-order chi connectivity index (χ1) is 9.27. The summed E-state index contributed by atoms with van der Waals surface area (Å²) in [4.78, 5) is 22.7. The summed E-state index contributed by atoms with van der Waals surface area (Å²) < 4.78 is 13.7. The second-order valence-electron chi connectivity index (χ2n) is 4.78. The average Bonchev–Trinajstić information content (AvgIpc) is 2.37. The number of hydrogen-bond donors (Lipinski definition) is 1. The first kappa shape index (κ1) is 15.9. The van der Waals surface area contributed by atoms with Crippen LogP contribution in [0.1, 0.15) is 30.6 Å². The van der Waals surface area contributed by atoms with Crippen LogP contribution in [-0.2, 0) is 0 Å². The van der Waals surface area contributed by atoms with E-state index in [0.717, 1.165) is 18.6 Å². The molecular weight excluding hydrogens is 267 g/mol. The van der Waals surface area contributed by atoms with Crippen molar-refractivity contribution < 1.29 is 19.2 Å².